The van der Waals surface area contributed by atoms with Gasteiger partial charge < -0.3 is 4.42 Å². The quantitative estimate of drug-likeness (QED) is 0.437. The largest absolute Gasteiger partial charge is 0.419 e. The molecule has 2 aromatic carbocycles. The molecule has 5 nitrogen and oxygen atoms in total. The Balaban J connectivity index is 1.57. The van der Waals surface area contributed by atoms with Crippen molar-refractivity contribution in [3.05, 3.63) is 77.9 Å². The van der Waals surface area contributed by atoms with Crippen LogP contribution in [0.4, 0.5) is 0 Å². The van der Waals surface area contributed by atoms with Gasteiger partial charge in [-0.2, -0.15) is 0 Å². The van der Waals surface area contributed by atoms with Crippen molar-refractivity contribution in [2.45, 2.75) is 31.2 Å². The van der Waals surface area contributed by atoms with Crippen molar-refractivity contribution in [3.8, 4) is 17.1 Å². The first-order valence-electron chi connectivity index (χ1n) is 8.77. The molecule has 0 aliphatic carbocycles. The van der Waals surface area contributed by atoms with Crippen molar-refractivity contribution in [2.24, 2.45) is 0 Å². The molecule has 0 bridgehead atoms. The lowest BCUT2D eigenvalue weighted by Gasteiger charge is -2.11. The van der Waals surface area contributed by atoms with Gasteiger partial charge in [-0.3, -0.25) is 4.57 Å². The Morgan fingerprint density at radius 2 is 1.74 bits per heavy atom. The van der Waals surface area contributed by atoms with Gasteiger partial charge >= 0.3 is 0 Å². The van der Waals surface area contributed by atoms with Crippen LogP contribution in [0.1, 0.15) is 29.2 Å². The molecule has 0 radical (unpaired) electrons. The van der Waals surface area contributed by atoms with Crippen molar-refractivity contribution in [2.75, 3.05) is 0 Å². The van der Waals surface area contributed by atoms with Crippen molar-refractivity contribution < 1.29 is 4.42 Å². The van der Waals surface area contributed by atoms with Gasteiger partial charge in [-0.25, -0.2) is 4.98 Å². The summed E-state index contributed by atoms with van der Waals surface area (Å²) >= 11 is 1.60. The fourth-order valence-electron chi connectivity index (χ4n) is 2.97. The van der Waals surface area contributed by atoms with Gasteiger partial charge in [0.25, 0.3) is 0 Å². The van der Waals surface area contributed by atoms with E-state index in [1.165, 1.54) is 11.1 Å². The maximum absolute atomic E-state index is 5.88. The fourth-order valence-corrected chi connectivity index (χ4v) is 3.88. The number of benzene rings is 2. The standard InChI is InChI=1S/C21H20N4OS/c1-14-11-15(2)13-18(12-14)25-10-9-22-21(25)27-16(3)19-23-24-20(26-19)17-7-5-4-6-8-17/h4-13,16H,1-3H3. The van der Waals surface area contributed by atoms with Crippen molar-refractivity contribution in [1.29, 1.82) is 0 Å². The first-order valence-corrected chi connectivity index (χ1v) is 9.65. The molecular weight excluding hydrogens is 356 g/mol. The highest BCUT2D eigenvalue weighted by Gasteiger charge is 2.19. The molecule has 0 saturated carbocycles. The maximum atomic E-state index is 5.88. The number of hydrogen-bond acceptors (Lipinski definition) is 5. The van der Waals surface area contributed by atoms with Crippen LogP contribution >= 0.6 is 11.8 Å². The number of hydrogen-bond donors (Lipinski definition) is 0. The van der Waals surface area contributed by atoms with E-state index in [0.717, 1.165) is 16.4 Å². The number of rotatable bonds is 5. The summed E-state index contributed by atoms with van der Waals surface area (Å²) in [6.07, 6.45) is 3.79. The van der Waals surface area contributed by atoms with E-state index in [9.17, 15) is 0 Å². The average molecular weight is 376 g/mol. The topological polar surface area (TPSA) is 56.7 Å². The van der Waals surface area contributed by atoms with Crippen LogP contribution in [0.25, 0.3) is 17.1 Å². The smallest absolute Gasteiger partial charge is 0.247 e. The minimum atomic E-state index is -0.0120. The molecule has 0 N–H and O–H groups in total. The highest BCUT2D eigenvalue weighted by molar-refractivity contribution is 7.99. The summed E-state index contributed by atoms with van der Waals surface area (Å²) in [6, 6.07) is 16.3. The summed E-state index contributed by atoms with van der Waals surface area (Å²) in [6.45, 7) is 6.26. The zero-order valence-corrected chi connectivity index (χ0v) is 16.3. The molecular formula is C21H20N4OS. The average Bonchev–Trinajstić information content (AvgIpc) is 3.31. The fraction of sp³-hybridized carbons (Fsp3) is 0.190. The molecule has 2 heterocycles. The summed E-state index contributed by atoms with van der Waals surface area (Å²) in [5.41, 5.74) is 4.49. The van der Waals surface area contributed by atoms with E-state index in [-0.39, 0.29) is 5.25 Å². The van der Waals surface area contributed by atoms with Gasteiger partial charge in [0.15, 0.2) is 5.16 Å². The van der Waals surface area contributed by atoms with Crippen molar-refractivity contribution in [1.82, 2.24) is 19.7 Å². The Kier molecular flexibility index (Phi) is 4.81. The van der Waals surface area contributed by atoms with Crippen LogP contribution in [-0.4, -0.2) is 19.7 Å². The van der Waals surface area contributed by atoms with Crippen molar-refractivity contribution in [3.63, 3.8) is 0 Å². The van der Waals surface area contributed by atoms with Gasteiger partial charge in [-0.1, -0.05) is 36.0 Å². The molecule has 6 heteroatoms. The maximum Gasteiger partial charge on any atom is 0.247 e. The van der Waals surface area contributed by atoms with Crippen LogP contribution in [0.2, 0.25) is 0 Å². The zero-order chi connectivity index (χ0) is 18.8. The summed E-state index contributed by atoms with van der Waals surface area (Å²) < 4.78 is 7.98. The van der Waals surface area contributed by atoms with Crippen LogP contribution in [0.3, 0.4) is 0 Å². The molecule has 27 heavy (non-hydrogen) atoms. The third-order valence-electron chi connectivity index (χ3n) is 4.18. The van der Waals surface area contributed by atoms with E-state index < -0.39 is 0 Å². The number of thioether (sulfide) groups is 1. The predicted octanol–water partition coefficient (Wildman–Crippen LogP) is 5.39. The third-order valence-corrected chi connectivity index (χ3v) is 5.25. The van der Waals surface area contributed by atoms with Crippen LogP contribution in [0, 0.1) is 13.8 Å². The molecule has 1 unspecified atom stereocenters. The van der Waals surface area contributed by atoms with Gasteiger partial charge in [0.05, 0.1) is 5.25 Å². The van der Waals surface area contributed by atoms with Crippen molar-refractivity contribution >= 4 is 11.8 Å². The second-order valence-electron chi connectivity index (χ2n) is 6.50. The predicted molar refractivity (Wildman–Crippen MR) is 107 cm³/mol. The van der Waals surface area contributed by atoms with E-state index >= 15 is 0 Å². The van der Waals surface area contributed by atoms with E-state index in [4.69, 9.17) is 4.42 Å². The number of nitrogens with zero attached hydrogens (tertiary/aromatic N) is 4. The lowest BCUT2D eigenvalue weighted by molar-refractivity contribution is 0.509. The van der Waals surface area contributed by atoms with Gasteiger partial charge in [0.1, 0.15) is 0 Å². The second-order valence-corrected chi connectivity index (χ2v) is 7.81. The van der Waals surface area contributed by atoms with Gasteiger partial charge in [0.2, 0.25) is 11.8 Å². The van der Waals surface area contributed by atoms with Gasteiger partial charge in [-0.05, 0) is 56.2 Å². The number of aryl methyl sites for hydroxylation is 2. The minimum absolute atomic E-state index is 0.0120. The number of imidazole rings is 1. The van der Waals surface area contributed by atoms with Crippen LogP contribution in [0.5, 0.6) is 0 Å². The van der Waals surface area contributed by atoms with Gasteiger partial charge in [0, 0.05) is 23.6 Å². The SMILES string of the molecule is Cc1cc(C)cc(-n2ccnc2SC(C)c2nnc(-c3ccccc3)o2)c1. The third kappa shape index (κ3) is 3.80. The molecule has 1 atom stereocenters. The Bertz CT molecular complexity index is 1030. The molecule has 0 aliphatic rings. The first-order chi connectivity index (χ1) is 13.1. The van der Waals surface area contributed by atoms with E-state index in [1.807, 2.05) is 49.6 Å². The highest BCUT2D eigenvalue weighted by Crippen LogP contribution is 2.35. The molecule has 0 fully saturated rings. The lowest BCUT2D eigenvalue weighted by atomic mass is 10.1. The summed E-state index contributed by atoms with van der Waals surface area (Å²) in [5.74, 6) is 1.13. The van der Waals surface area contributed by atoms with Crippen LogP contribution in [0.15, 0.2) is 70.5 Å². The van der Waals surface area contributed by atoms with E-state index in [2.05, 4.69) is 51.8 Å². The highest BCUT2D eigenvalue weighted by atomic mass is 32.2. The minimum Gasteiger partial charge on any atom is -0.419 e. The Labute approximate surface area is 162 Å². The molecule has 0 saturated heterocycles. The lowest BCUT2D eigenvalue weighted by Crippen LogP contribution is -1.98. The van der Waals surface area contributed by atoms with Crippen LogP contribution in [-0.2, 0) is 0 Å². The normalized spacial score (nSPS) is 12.3. The van der Waals surface area contributed by atoms with E-state index in [0.29, 0.717) is 11.8 Å². The molecule has 0 amide bonds. The van der Waals surface area contributed by atoms with Gasteiger partial charge in [-0.15, -0.1) is 10.2 Å². The molecule has 136 valence electrons. The molecule has 0 aliphatic heterocycles. The first kappa shape index (κ1) is 17.5. The van der Waals surface area contributed by atoms with Crippen LogP contribution < -0.4 is 0 Å². The number of aromatic nitrogens is 4. The van der Waals surface area contributed by atoms with E-state index in [1.54, 1.807) is 11.8 Å². The monoisotopic (exact) mass is 376 g/mol. The summed E-state index contributed by atoms with van der Waals surface area (Å²) in [7, 11) is 0. The summed E-state index contributed by atoms with van der Waals surface area (Å²) in [5, 5.41) is 9.30. The zero-order valence-electron chi connectivity index (χ0n) is 15.5. The molecule has 4 rings (SSSR count). The molecule has 2 aromatic heterocycles. The Hall–Kier alpha value is -2.86. The molecule has 4 aromatic rings. The second kappa shape index (κ2) is 7.40. The Morgan fingerprint density at radius 3 is 2.48 bits per heavy atom. The Morgan fingerprint density at radius 1 is 1.00 bits per heavy atom. The molecule has 0 spiro atoms. The summed E-state index contributed by atoms with van der Waals surface area (Å²) in [4.78, 5) is 4.52.